The monoisotopic (exact) mass is 373 g/mol. The van der Waals surface area contributed by atoms with E-state index < -0.39 is 29.6 Å². The number of carbonyl (C=O) groups excluding carboxylic acids is 3. The average Bonchev–Trinajstić information content (AvgIpc) is 2.62. The number of carbonyl (C=O) groups is 3. The van der Waals surface area contributed by atoms with Gasteiger partial charge in [0, 0.05) is 21.9 Å². The van der Waals surface area contributed by atoms with E-state index in [-0.39, 0.29) is 11.3 Å². The van der Waals surface area contributed by atoms with Crippen LogP contribution in [0.4, 0.5) is 10.1 Å². The Kier molecular flexibility index (Phi) is 5.22. The van der Waals surface area contributed by atoms with E-state index in [2.05, 4.69) is 10.6 Å². The van der Waals surface area contributed by atoms with Crippen LogP contribution in [0.25, 0.3) is 0 Å². The minimum Gasteiger partial charge on any atom is -0.366 e. The van der Waals surface area contributed by atoms with Crippen LogP contribution in [-0.2, 0) is 9.59 Å². The molecule has 0 fully saturated rings. The van der Waals surface area contributed by atoms with Gasteiger partial charge in [-0.15, -0.1) is 11.8 Å². The summed E-state index contributed by atoms with van der Waals surface area (Å²) in [7, 11) is 0. The predicted molar refractivity (Wildman–Crippen MR) is 96.2 cm³/mol. The molecule has 0 unspecified atom stereocenters. The van der Waals surface area contributed by atoms with Crippen molar-refractivity contribution in [3.63, 3.8) is 0 Å². The van der Waals surface area contributed by atoms with Gasteiger partial charge in [-0.3, -0.25) is 14.4 Å². The van der Waals surface area contributed by atoms with E-state index in [0.717, 1.165) is 10.6 Å². The maximum Gasteiger partial charge on any atom is 0.313 e. The molecule has 2 aromatic rings. The van der Waals surface area contributed by atoms with Gasteiger partial charge in [-0.2, -0.15) is 0 Å². The highest BCUT2D eigenvalue weighted by Crippen LogP contribution is 2.36. The Balaban J connectivity index is 1.69. The van der Waals surface area contributed by atoms with Crippen molar-refractivity contribution in [3.8, 4) is 0 Å². The molecule has 0 radical (unpaired) electrons. The first-order valence-electron chi connectivity index (χ1n) is 7.88. The summed E-state index contributed by atoms with van der Waals surface area (Å²) in [5.41, 5.74) is 6.36. The molecule has 3 rings (SSSR count). The lowest BCUT2D eigenvalue weighted by atomic mass is 10.0. The Morgan fingerprint density at radius 2 is 1.92 bits per heavy atom. The van der Waals surface area contributed by atoms with Gasteiger partial charge in [-0.25, -0.2) is 4.39 Å². The Morgan fingerprint density at radius 3 is 2.69 bits per heavy atom. The number of fused-ring (bicyclic) bond motifs is 1. The highest BCUT2D eigenvalue weighted by molar-refractivity contribution is 7.99. The second-order valence-electron chi connectivity index (χ2n) is 5.74. The van der Waals surface area contributed by atoms with Gasteiger partial charge in [0.15, 0.2) is 0 Å². The number of nitrogens with one attached hydrogen (secondary N) is 2. The Morgan fingerprint density at radius 1 is 1.12 bits per heavy atom. The number of thioether (sulfide) groups is 1. The van der Waals surface area contributed by atoms with Crippen LogP contribution in [0, 0.1) is 5.82 Å². The molecule has 1 heterocycles. The summed E-state index contributed by atoms with van der Waals surface area (Å²) in [6.07, 6.45) is 0.595. The van der Waals surface area contributed by atoms with E-state index >= 15 is 0 Å². The van der Waals surface area contributed by atoms with Crippen molar-refractivity contribution in [2.45, 2.75) is 17.4 Å². The fraction of sp³-hybridized carbons (Fsp3) is 0.167. The topological polar surface area (TPSA) is 101 Å². The fourth-order valence-electron chi connectivity index (χ4n) is 2.68. The number of hydrogen-bond donors (Lipinski definition) is 3. The summed E-state index contributed by atoms with van der Waals surface area (Å²) in [6.45, 7) is 0. The minimum absolute atomic E-state index is 0.219. The molecule has 8 heteroatoms. The van der Waals surface area contributed by atoms with Gasteiger partial charge in [-0.1, -0.05) is 6.07 Å². The molecular formula is C18H16FN3O3S. The van der Waals surface area contributed by atoms with Gasteiger partial charge in [0.2, 0.25) is 5.91 Å². The predicted octanol–water partition coefficient (Wildman–Crippen LogP) is 2.22. The molecule has 0 bridgehead atoms. The number of anilines is 1. The van der Waals surface area contributed by atoms with Crippen molar-refractivity contribution in [1.29, 1.82) is 0 Å². The standard InChI is InChI=1S/C18H16FN3O3S/c19-11-4-5-15-13(9-11)14(6-7-26-15)22-18(25)17(24)21-12-3-1-2-10(8-12)16(20)23/h1-5,8-9,14H,6-7H2,(H2,20,23)(H,21,24)(H,22,25)/t14-/m1/s1. The van der Waals surface area contributed by atoms with E-state index in [1.807, 2.05) is 0 Å². The summed E-state index contributed by atoms with van der Waals surface area (Å²) in [6, 6.07) is 9.96. The van der Waals surface area contributed by atoms with Crippen molar-refractivity contribution >= 4 is 35.2 Å². The van der Waals surface area contributed by atoms with Gasteiger partial charge < -0.3 is 16.4 Å². The molecule has 0 aromatic heterocycles. The number of primary amides is 1. The Bertz CT molecular complexity index is 888. The summed E-state index contributed by atoms with van der Waals surface area (Å²) in [5, 5.41) is 5.06. The molecule has 6 nitrogen and oxygen atoms in total. The smallest absolute Gasteiger partial charge is 0.313 e. The van der Waals surface area contributed by atoms with E-state index in [1.165, 1.54) is 24.3 Å². The zero-order valence-electron chi connectivity index (χ0n) is 13.6. The zero-order valence-corrected chi connectivity index (χ0v) is 14.4. The van der Waals surface area contributed by atoms with Crippen LogP contribution < -0.4 is 16.4 Å². The Hall–Kier alpha value is -2.87. The van der Waals surface area contributed by atoms with E-state index in [4.69, 9.17) is 5.73 Å². The van der Waals surface area contributed by atoms with Crippen LogP contribution in [0.15, 0.2) is 47.4 Å². The van der Waals surface area contributed by atoms with Crippen molar-refractivity contribution < 1.29 is 18.8 Å². The quantitative estimate of drug-likeness (QED) is 0.718. The molecule has 134 valence electrons. The third kappa shape index (κ3) is 4.02. The molecular weight excluding hydrogens is 357 g/mol. The lowest BCUT2D eigenvalue weighted by Crippen LogP contribution is -2.38. The summed E-state index contributed by atoms with van der Waals surface area (Å²) in [4.78, 5) is 36.4. The second kappa shape index (κ2) is 7.57. The van der Waals surface area contributed by atoms with Gasteiger partial charge in [0.05, 0.1) is 6.04 Å². The number of hydrogen-bond acceptors (Lipinski definition) is 4. The lowest BCUT2D eigenvalue weighted by Gasteiger charge is -2.25. The third-order valence-electron chi connectivity index (χ3n) is 3.93. The maximum absolute atomic E-state index is 13.5. The molecule has 0 saturated carbocycles. The van der Waals surface area contributed by atoms with Crippen LogP contribution in [0.1, 0.15) is 28.4 Å². The molecule has 1 atom stereocenters. The molecule has 26 heavy (non-hydrogen) atoms. The van der Waals surface area contributed by atoms with E-state index in [9.17, 15) is 18.8 Å². The Labute approximate surface area is 153 Å². The van der Waals surface area contributed by atoms with Crippen molar-refractivity contribution in [2.75, 3.05) is 11.1 Å². The first-order valence-corrected chi connectivity index (χ1v) is 8.86. The third-order valence-corrected chi connectivity index (χ3v) is 5.05. The molecule has 0 saturated heterocycles. The number of rotatable bonds is 3. The SMILES string of the molecule is NC(=O)c1cccc(NC(=O)C(=O)N[C@@H]2CCSc3ccc(F)cc32)c1. The highest BCUT2D eigenvalue weighted by Gasteiger charge is 2.25. The normalized spacial score (nSPS) is 15.7. The molecule has 3 amide bonds. The van der Waals surface area contributed by atoms with Gasteiger partial charge in [0.1, 0.15) is 5.82 Å². The fourth-order valence-corrected chi connectivity index (χ4v) is 3.78. The molecule has 0 spiro atoms. The van der Waals surface area contributed by atoms with Gasteiger partial charge in [-0.05, 0) is 48.4 Å². The average molecular weight is 373 g/mol. The summed E-state index contributed by atoms with van der Waals surface area (Å²) in [5.74, 6) is -1.97. The first kappa shape index (κ1) is 17.9. The molecule has 1 aliphatic heterocycles. The molecule has 2 aromatic carbocycles. The first-order chi connectivity index (χ1) is 12.4. The molecule has 1 aliphatic rings. The van der Waals surface area contributed by atoms with E-state index in [1.54, 1.807) is 30.0 Å². The number of amides is 3. The largest absolute Gasteiger partial charge is 0.366 e. The number of benzene rings is 2. The van der Waals surface area contributed by atoms with Gasteiger partial charge >= 0.3 is 11.8 Å². The summed E-state index contributed by atoms with van der Waals surface area (Å²) >= 11 is 1.58. The maximum atomic E-state index is 13.5. The van der Waals surface area contributed by atoms with Crippen molar-refractivity contribution in [1.82, 2.24) is 5.32 Å². The molecule has 4 N–H and O–H groups in total. The number of halogens is 1. The van der Waals surface area contributed by atoms with Crippen molar-refractivity contribution in [3.05, 3.63) is 59.4 Å². The lowest BCUT2D eigenvalue weighted by molar-refractivity contribution is -0.136. The molecule has 0 aliphatic carbocycles. The van der Waals surface area contributed by atoms with Crippen molar-refractivity contribution in [2.24, 2.45) is 5.73 Å². The van der Waals surface area contributed by atoms with Crippen LogP contribution in [0.2, 0.25) is 0 Å². The van der Waals surface area contributed by atoms with E-state index in [0.29, 0.717) is 12.0 Å². The van der Waals surface area contributed by atoms with Crippen LogP contribution in [-0.4, -0.2) is 23.5 Å². The van der Waals surface area contributed by atoms with Gasteiger partial charge in [0.25, 0.3) is 0 Å². The van der Waals surface area contributed by atoms with Crippen LogP contribution in [0.5, 0.6) is 0 Å². The minimum atomic E-state index is -0.872. The second-order valence-corrected chi connectivity index (χ2v) is 6.88. The number of nitrogens with two attached hydrogens (primary N) is 1. The highest BCUT2D eigenvalue weighted by atomic mass is 32.2. The summed E-state index contributed by atoms with van der Waals surface area (Å²) < 4.78 is 13.5. The van der Waals surface area contributed by atoms with Crippen LogP contribution >= 0.6 is 11.8 Å². The zero-order chi connectivity index (χ0) is 18.7. The van der Waals surface area contributed by atoms with Crippen LogP contribution in [0.3, 0.4) is 0 Å².